The Morgan fingerprint density at radius 3 is 1.95 bits per heavy atom. The standard InChI is InChI=1S/C9H7BI3N6/c11-7-1-14-17(4-7)10(18-5-8(12)2-15-18)19-6-9(13)3-16-19/h1-6,10H. The molecule has 2 aromatic heterocycles. The largest absolute Gasteiger partial charge is 0.399 e. The van der Waals surface area contributed by atoms with Crippen LogP contribution in [0.15, 0.2) is 34.6 Å². The van der Waals surface area contributed by atoms with Crippen LogP contribution in [-0.4, -0.2) is 37.6 Å². The SMILES string of the molecule is IC1=CN([BH-](n2cc(I)cn2)n2cc(I)cn2)[N+]=C1. The molecule has 19 heavy (non-hydrogen) atoms. The van der Waals surface area contributed by atoms with Crippen molar-refractivity contribution in [1.29, 1.82) is 0 Å². The van der Waals surface area contributed by atoms with Crippen molar-refractivity contribution >= 4 is 81.1 Å². The molecule has 0 aliphatic carbocycles. The second kappa shape index (κ2) is 5.71. The molecule has 1 radical (unpaired) electrons. The molecule has 0 N–H and O–H groups in total. The first-order valence-corrected chi connectivity index (χ1v) is 8.63. The molecule has 1 aliphatic heterocycles. The molecule has 3 heterocycles. The van der Waals surface area contributed by atoms with Gasteiger partial charge in [0.05, 0.1) is 12.4 Å². The topological polar surface area (TPSA) is 53.0 Å². The average Bonchev–Trinajstić information content (AvgIpc) is 3.05. The van der Waals surface area contributed by atoms with Gasteiger partial charge in [0.25, 0.3) is 6.21 Å². The van der Waals surface area contributed by atoms with Gasteiger partial charge in [0.2, 0.25) is 0 Å². The number of rotatable bonds is 3. The Hall–Kier alpha value is -0.115. The average molecular weight is 591 g/mol. The summed E-state index contributed by atoms with van der Waals surface area (Å²) in [6.07, 6.45) is 11.5. The van der Waals surface area contributed by atoms with Crippen LogP contribution in [0.1, 0.15) is 0 Å². The number of hydrazone groups is 1. The van der Waals surface area contributed by atoms with Gasteiger partial charge in [0, 0.05) is 13.3 Å². The molecule has 2 aromatic rings. The zero-order valence-electron chi connectivity index (χ0n) is 9.49. The molecule has 0 amide bonds. The minimum Gasteiger partial charge on any atom is -0.399 e. The smallest absolute Gasteiger partial charge is 0.374 e. The van der Waals surface area contributed by atoms with Crippen molar-refractivity contribution in [1.82, 2.24) is 29.4 Å². The molecule has 0 aromatic carbocycles. The first kappa shape index (κ1) is 13.8. The highest BCUT2D eigenvalue weighted by molar-refractivity contribution is 14.1. The van der Waals surface area contributed by atoms with Crippen molar-refractivity contribution in [3.05, 3.63) is 41.7 Å². The number of allylic oxidation sites excluding steroid dienone is 1. The van der Waals surface area contributed by atoms with E-state index in [4.69, 9.17) is 0 Å². The van der Waals surface area contributed by atoms with E-state index < -0.39 is 7.12 Å². The Labute approximate surface area is 150 Å². The van der Waals surface area contributed by atoms with Crippen molar-refractivity contribution in [2.45, 2.75) is 0 Å². The van der Waals surface area contributed by atoms with Crippen LogP contribution in [0.4, 0.5) is 0 Å². The lowest BCUT2D eigenvalue weighted by Gasteiger charge is -2.25. The Bertz CT molecular complexity index is 622. The summed E-state index contributed by atoms with van der Waals surface area (Å²) in [5, 5.41) is 13.2. The molecule has 0 saturated heterocycles. The van der Waals surface area contributed by atoms with Crippen LogP contribution in [0.5, 0.6) is 0 Å². The lowest BCUT2D eigenvalue weighted by atomic mass is 9.94. The van der Waals surface area contributed by atoms with Crippen LogP contribution >= 0.6 is 67.8 Å². The highest BCUT2D eigenvalue weighted by Gasteiger charge is 2.27. The fourth-order valence-electron chi connectivity index (χ4n) is 1.92. The van der Waals surface area contributed by atoms with Crippen molar-refractivity contribution in [2.75, 3.05) is 0 Å². The van der Waals surface area contributed by atoms with Crippen LogP contribution in [-0.2, 0) is 0 Å². The van der Waals surface area contributed by atoms with Crippen molar-refractivity contribution in [3.63, 3.8) is 0 Å². The van der Waals surface area contributed by atoms with Gasteiger partial charge < -0.3 is 9.19 Å². The minimum absolute atomic E-state index is 1.10. The second-order valence-electron chi connectivity index (χ2n) is 4.02. The maximum atomic E-state index is 4.41. The van der Waals surface area contributed by atoms with E-state index in [1.54, 1.807) is 0 Å². The van der Waals surface area contributed by atoms with Crippen LogP contribution in [0.2, 0.25) is 0 Å². The van der Waals surface area contributed by atoms with E-state index in [9.17, 15) is 0 Å². The van der Waals surface area contributed by atoms with Gasteiger partial charge in [0.1, 0.15) is 8.68 Å². The predicted molar refractivity (Wildman–Crippen MR) is 100.0 cm³/mol. The minimum atomic E-state index is -1.20. The zero-order chi connectivity index (χ0) is 13.4. The zero-order valence-corrected chi connectivity index (χ0v) is 16.0. The Morgan fingerprint density at radius 2 is 1.58 bits per heavy atom. The van der Waals surface area contributed by atoms with Gasteiger partial charge in [0.15, 0.2) is 0 Å². The molecule has 1 aliphatic rings. The first-order chi connectivity index (χ1) is 9.13. The van der Waals surface area contributed by atoms with E-state index in [-0.39, 0.29) is 0 Å². The first-order valence-electron chi connectivity index (χ1n) is 5.40. The summed E-state index contributed by atoms with van der Waals surface area (Å²) in [6.45, 7) is 0. The molecule has 10 heteroatoms. The van der Waals surface area contributed by atoms with Crippen LogP contribution in [0.3, 0.4) is 0 Å². The number of halogens is 3. The summed E-state index contributed by atoms with van der Waals surface area (Å²) in [5.41, 5.74) is 0. The number of hydrogen-bond donors (Lipinski definition) is 0. The molecule has 0 atom stereocenters. The van der Waals surface area contributed by atoms with Gasteiger partial charge in [-0.1, -0.05) is 0 Å². The lowest BCUT2D eigenvalue weighted by Crippen LogP contribution is -2.49. The van der Waals surface area contributed by atoms with Gasteiger partial charge in [-0.15, -0.1) is 0 Å². The van der Waals surface area contributed by atoms with E-state index in [0.717, 1.165) is 10.7 Å². The Balaban J connectivity index is 2.03. The van der Waals surface area contributed by atoms with E-state index in [1.165, 1.54) is 0 Å². The third-order valence-corrected chi connectivity index (χ3v) is 4.35. The van der Waals surface area contributed by atoms with Crippen LogP contribution in [0.25, 0.3) is 0 Å². The fourth-order valence-corrected chi connectivity index (χ4v) is 3.26. The summed E-state index contributed by atoms with van der Waals surface area (Å²) >= 11 is 6.75. The van der Waals surface area contributed by atoms with E-state index >= 15 is 0 Å². The van der Waals surface area contributed by atoms with E-state index in [2.05, 4.69) is 83.1 Å². The summed E-state index contributed by atoms with van der Waals surface area (Å²) in [7, 11) is -1.20. The highest BCUT2D eigenvalue weighted by Crippen LogP contribution is 2.13. The van der Waals surface area contributed by atoms with Gasteiger partial charge in [-0.05, 0) is 80.2 Å². The van der Waals surface area contributed by atoms with Crippen molar-refractivity contribution < 1.29 is 0 Å². The molecule has 6 nitrogen and oxygen atoms in total. The summed E-state index contributed by atoms with van der Waals surface area (Å²) in [6, 6.07) is 0. The number of hydrogen-bond acceptors (Lipinski definition) is 4. The molecule has 0 bridgehead atoms. The quantitative estimate of drug-likeness (QED) is 0.401. The Kier molecular flexibility index (Phi) is 4.16. The van der Waals surface area contributed by atoms with Crippen molar-refractivity contribution in [3.8, 4) is 0 Å². The highest BCUT2D eigenvalue weighted by atomic mass is 127. The number of aromatic nitrogens is 4. The fraction of sp³-hybridized carbons (Fsp3) is 0. The summed E-state index contributed by atoms with van der Waals surface area (Å²) in [5.74, 6) is 0. The monoisotopic (exact) mass is 591 g/mol. The maximum Gasteiger partial charge on any atom is 0.374 e. The molecule has 0 saturated carbocycles. The molecule has 0 spiro atoms. The van der Waals surface area contributed by atoms with Crippen molar-refractivity contribution in [2.24, 2.45) is 0 Å². The van der Waals surface area contributed by atoms with Crippen LogP contribution < -0.4 is 5.10 Å². The van der Waals surface area contributed by atoms with Gasteiger partial charge in [-0.2, -0.15) is 0 Å². The van der Waals surface area contributed by atoms with Gasteiger partial charge in [-0.3, -0.25) is 0 Å². The van der Waals surface area contributed by atoms with Crippen LogP contribution in [0, 0.1) is 7.14 Å². The van der Waals surface area contributed by atoms with Gasteiger partial charge in [-0.25, -0.2) is 15.1 Å². The summed E-state index contributed by atoms with van der Waals surface area (Å²) in [4.78, 5) is 1.92. The van der Waals surface area contributed by atoms with E-state index in [1.807, 2.05) is 51.3 Å². The third-order valence-electron chi connectivity index (χ3n) is 2.67. The number of nitrogens with zero attached hydrogens (tertiary/aromatic N) is 6. The summed E-state index contributed by atoms with van der Waals surface area (Å²) < 4.78 is 7.14. The maximum absolute atomic E-state index is 4.41. The normalized spacial score (nSPS) is 14.5. The molecular weight excluding hydrogens is 584 g/mol. The molecule has 97 valence electrons. The molecule has 0 fully saturated rings. The molecule has 3 rings (SSSR count). The third kappa shape index (κ3) is 2.98. The predicted octanol–water partition coefficient (Wildman–Crippen LogP) is 1.32. The Morgan fingerprint density at radius 1 is 1.00 bits per heavy atom. The second-order valence-corrected chi connectivity index (χ2v) is 7.76. The van der Waals surface area contributed by atoms with E-state index in [0.29, 0.717) is 0 Å². The van der Waals surface area contributed by atoms with Gasteiger partial charge >= 0.3 is 7.12 Å². The molecule has 0 unspecified atom stereocenters. The lowest BCUT2D eigenvalue weighted by molar-refractivity contribution is 0.521. The molecular formula is C9H7BI3N6.